The van der Waals surface area contributed by atoms with E-state index in [1.54, 1.807) is 29.7 Å². The first-order valence-electron chi connectivity index (χ1n) is 13.5. The van der Waals surface area contributed by atoms with E-state index in [4.69, 9.17) is 0 Å². The summed E-state index contributed by atoms with van der Waals surface area (Å²) < 4.78 is 29.8. The van der Waals surface area contributed by atoms with E-state index in [9.17, 15) is 13.2 Å². The lowest BCUT2D eigenvalue weighted by Gasteiger charge is -2.36. The van der Waals surface area contributed by atoms with E-state index in [0.29, 0.717) is 54.7 Å². The highest BCUT2D eigenvalue weighted by Gasteiger charge is 2.30. The molecule has 0 spiro atoms. The van der Waals surface area contributed by atoms with Gasteiger partial charge in [0.15, 0.2) is 0 Å². The van der Waals surface area contributed by atoms with Crippen LogP contribution in [-0.4, -0.2) is 48.7 Å². The Balaban J connectivity index is 1.37. The molecule has 1 saturated heterocycles. The number of benzene rings is 2. The van der Waals surface area contributed by atoms with Gasteiger partial charge >= 0.3 is 0 Å². The zero-order valence-electron chi connectivity index (χ0n) is 23.1. The number of hydrogen-bond acceptors (Lipinski definition) is 7. The van der Waals surface area contributed by atoms with Crippen molar-refractivity contribution in [3.05, 3.63) is 99.1 Å². The summed E-state index contributed by atoms with van der Waals surface area (Å²) in [6.45, 7) is 8.49. The second-order valence-corrected chi connectivity index (χ2v) is 13.5. The van der Waals surface area contributed by atoms with Crippen LogP contribution < -0.4 is 15.8 Å². The van der Waals surface area contributed by atoms with Gasteiger partial charge < -0.3 is 10.2 Å². The lowest BCUT2D eigenvalue weighted by atomic mass is 9.82. The van der Waals surface area contributed by atoms with Crippen LogP contribution in [0.15, 0.2) is 88.0 Å². The zero-order valence-corrected chi connectivity index (χ0v) is 24.7. The van der Waals surface area contributed by atoms with E-state index in [2.05, 4.69) is 31.2 Å². The Hall–Kier alpha value is -3.47. The van der Waals surface area contributed by atoms with Crippen LogP contribution in [0.3, 0.4) is 0 Å². The summed E-state index contributed by atoms with van der Waals surface area (Å²) >= 11 is 1.62. The summed E-state index contributed by atoms with van der Waals surface area (Å²) in [6, 6.07) is 20.6. The number of para-hydroxylation sites is 1. The third-order valence-corrected chi connectivity index (χ3v) is 10.5. The second-order valence-electron chi connectivity index (χ2n) is 10.5. The lowest BCUT2D eigenvalue weighted by Crippen LogP contribution is -2.49. The van der Waals surface area contributed by atoms with Gasteiger partial charge in [-0.3, -0.25) is 4.79 Å². The van der Waals surface area contributed by atoms with Gasteiger partial charge in [0.25, 0.3) is 5.56 Å². The first-order valence-corrected chi connectivity index (χ1v) is 15.8. The molecule has 5 rings (SSSR count). The van der Waals surface area contributed by atoms with Gasteiger partial charge in [-0.1, -0.05) is 57.2 Å². The molecule has 210 valence electrons. The molecule has 0 aliphatic carbocycles. The maximum atomic E-state index is 13.6. The number of hydrogen-bond donors (Lipinski definition) is 1. The molecule has 0 bridgehead atoms. The summed E-state index contributed by atoms with van der Waals surface area (Å²) in [6.07, 6.45) is 2.67. The third kappa shape index (κ3) is 5.70. The Bertz CT molecular complexity index is 1590. The predicted molar refractivity (Wildman–Crippen MR) is 162 cm³/mol. The quantitative estimate of drug-likeness (QED) is 0.298. The third-order valence-electron chi connectivity index (χ3n) is 7.71. The molecule has 0 amide bonds. The van der Waals surface area contributed by atoms with Crippen molar-refractivity contribution in [2.24, 2.45) is 0 Å². The second kappa shape index (κ2) is 11.6. The van der Waals surface area contributed by atoms with Crippen molar-refractivity contribution in [2.45, 2.75) is 44.0 Å². The number of rotatable bonds is 9. The molecule has 40 heavy (non-hydrogen) atoms. The maximum Gasteiger partial charge on any atom is 0.296 e. The van der Waals surface area contributed by atoms with Gasteiger partial charge in [-0.2, -0.15) is 14.1 Å². The SMILES string of the molecule is CCC(C)(C)c1ccc(S(=O)(=O)N2CCN(c3cnn(-c4ccccc4)c(=O)c3NCc3cccs3)CC2)cc1. The topological polar surface area (TPSA) is 87.5 Å². The Morgan fingerprint density at radius 1 is 0.950 bits per heavy atom. The van der Waals surface area contributed by atoms with Crippen LogP contribution >= 0.6 is 11.3 Å². The average Bonchev–Trinajstić information content (AvgIpc) is 3.51. The number of nitrogens with one attached hydrogen (secondary N) is 1. The average molecular weight is 578 g/mol. The molecule has 0 atom stereocenters. The molecule has 3 heterocycles. The van der Waals surface area contributed by atoms with Crippen LogP contribution in [-0.2, 0) is 22.0 Å². The van der Waals surface area contributed by atoms with E-state index in [-0.39, 0.29) is 11.0 Å². The highest BCUT2D eigenvalue weighted by Crippen LogP contribution is 2.29. The van der Waals surface area contributed by atoms with Crippen LogP contribution in [0.1, 0.15) is 37.6 Å². The van der Waals surface area contributed by atoms with Crippen LogP contribution in [0.4, 0.5) is 11.4 Å². The number of anilines is 2. The summed E-state index contributed by atoms with van der Waals surface area (Å²) in [7, 11) is -3.63. The molecular weight excluding hydrogens is 542 g/mol. The first-order chi connectivity index (χ1) is 19.2. The van der Waals surface area contributed by atoms with Gasteiger partial charge in [-0.15, -0.1) is 11.3 Å². The van der Waals surface area contributed by atoms with E-state index >= 15 is 0 Å². The Labute approximate surface area is 239 Å². The highest BCUT2D eigenvalue weighted by atomic mass is 32.2. The molecule has 2 aromatic carbocycles. The van der Waals surface area contributed by atoms with Gasteiger partial charge in [-0.25, -0.2) is 8.42 Å². The molecule has 1 N–H and O–H groups in total. The number of nitrogens with zero attached hydrogens (tertiary/aromatic N) is 4. The number of thiophene rings is 1. The van der Waals surface area contributed by atoms with Crippen molar-refractivity contribution in [2.75, 3.05) is 36.4 Å². The molecular formula is C30H35N5O3S2. The summed E-state index contributed by atoms with van der Waals surface area (Å²) in [4.78, 5) is 17.1. The Kier molecular flexibility index (Phi) is 8.11. The van der Waals surface area contributed by atoms with Crippen molar-refractivity contribution in [1.29, 1.82) is 0 Å². The number of sulfonamides is 1. The molecule has 1 aliphatic heterocycles. The van der Waals surface area contributed by atoms with Crippen molar-refractivity contribution < 1.29 is 8.42 Å². The van der Waals surface area contributed by atoms with E-state index in [0.717, 1.165) is 16.9 Å². The van der Waals surface area contributed by atoms with Crippen LogP contribution in [0.5, 0.6) is 0 Å². The minimum absolute atomic E-state index is 0.00798. The highest BCUT2D eigenvalue weighted by molar-refractivity contribution is 7.89. The van der Waals surface area contributed by atoms with Crippen molar-refractivity contribution >= 4 is 32.7 Å². The Morgan fingerprint density at radius 2 is 1.65 bits per heavy atom. The maximum absolute atomic E-state index is 13.6. The molecule has 10 heteroatoms. The molecule has 2 aromatic heterocycles. The molecule has 4 aromatic rings. The van der Waals surface area contributed by atoms with Gasteiger partial charge in [0.05, 0.1) is 22.5 Å². The molecule has 0 radical (unpaired) electrons. The largest absolute Gasteiger partial charge is 0.374 e. The first kappa shape index (κ1) is 28.1. The number of aromatic nitrogens is 2. The van der Waals surface area contributed by atoms with Crippen LogP contribution in [0.25, 0.3) is 5.69 Å². The van der Waals surface area contributed by atoms with Gasteiger partial charge in [0.2, 0.25) is 10.0 Å². The molecule has 1 aliphatic rings. The summed E-state index contributed by atoms with van der Waals surface area (Å²) in [5.41, 5.74) is 2.69. The predicted octanol–water partition coefficient (Wildman–Crippen LogP) is 5.10. The zero-order chi connectivity index (χ0) is 28.3. The molecule has 0 unspecified atom stereocenters. The smallest absolute Gasteiger partial charge is 0.296 e. The van der Waals surface area contributed by atoms with Gasteiger partial charge in [0.1, 0.15) is 5.69 Å². The fraction of sp³-hybridized carbons (Fsp3) is 0.333. The minimum Gasteiger partial charge on any atom is -0.374 e. The van der Waals surface area contributed by atoms with Crippen molar-refractivity contribution in [3.63, 3.8) is 0 Å². The summed E-state index contributed by atoms with van der Waals surface area (Å²) in [5, 5.41) is 9.82. The molecule has 1 fully saturated rings. The fourth-order valence-electron chi connectivity index (χ4n) is 4.79. The standard InChI is InChI=1S/C30H35N5O3S2/c1-4-30(2,3)23-12-14-26(15-13-23)40(37,38)34-18-16-33(17-19-34)27-22-32-35(24-9-6-5-7-10-24)29(36)28(27)31-21-25-11-8-20-39-25/h5-15,20,22,31H,4,16-19,21H2,1-3H3. The van der Waals surface area contributed by atoms with Crippen LogP contribution in [0, 0.1) is 0 Å². The van der Waals surface area contributed by atoms with Crippen molar-refractivity contribution in [3.8, 4) is 5.69 Å². The van der Waals surface area contributed by atoms with Crippen LogP contribution in [0.2, 0.25) is 0 Å². The lowest BCUT2D eigenvalue weighted by molar-refractivity contribution is 0.384. The van der Waals surface area contributed by atoms with Crippen molar-refractivity contribution in [1.82, 2.24) is 14.1 Å². The normalized spacial score (nSPS) is 14.8. The number of piperazine rings is 1. The van der Waals surface area contributed by atoms with Gasteiger partial charge in [0, 0.05) is 37.6 Å². The van der Waals surface area contributed by atoms with Gasteiger partial charge in [-0.05, 0) is 53.1 Å². The fourth-order valence-corrected chi connectivity index (χ4v) is 6.86. The minimum atomic E-state index is -3.63. The molecule has 0 saturated carbocycles. The summed E-state index contributed by atoms with van der Waals surface area (Å²) in [5.74, 6) is 0. The Morgan fingerprint density at radius 3 is 2.27 bits per heavy atom. The van der Waals surface area contributed by atoms with E-state index < -0.39 is 10.0 Å². The van der Waals surface area contributed by atoms with E-state index in [1.165, 1.54) is 8.99 Å². The monoisotopic (exact) mass is 577 g/mol. The molecule has 8 nitrogen and oxygen atoms in total. The van der Waals surface area contributed by atoms with E-state index in [1.807, 2.05) is 64.9 Å².